The van der Waals surface area contributed by atoms with Crippen molar-refractivity contribution < 1.29 is 9.53 Å². The number of ether oxygens (including phenoxy) is 1. The molecule has 110 valence electrons. The summed E-state index contributed by atoms with van der Waals surface area (Å²) in [5.41, 5.74) is 0.961. The molecule has 0 aromatic heterocycles. The lowest BCUT2D eigenvalue weighted by molar-refractivity contribution is -0.131. The first-order valence-corrected chi connectivity index (χ1v) is 7.77. The zero-order valence-electron chi connectivity index (χ0n) is 12.0. The lowest BCUT2D eigenvalue weighted by Gasteiger charge is -2.25. The fraction of sp³-hybridized carbons (Fsp3) is 0.562. The maximum Gasteiger partial charge on any atom is 0.227 e. The third kappa shape index (κ3) is 3.66. The second kappa shape index (κ2) is 7.53. The standard InChI is InChI=1S/C16H22ClNO2/c1-20-15-9-3-2-6-13(15)12-16(19)18-11-5-8-14(18)7-4-10-17/h2-3,6,9,14H,4-5,7-8,10-12H2,1H3. The number of benzene rings is 1. The number of nitrogens with zero attached hydrogens (tertiary/aromatic N) is 1. The number of carbonyl (C=O) groups is 1. The van der Waals surface area contributed by atoms with Crippen molar-refractivity contribution in [1.29, 1.82) is 0 Å². The highest BCUT2D eigenvalue weighted by Crippen LogP contribution is 2.24. The molecule has 1 unspecified atom stereocenters. The van der Waals surface area contributed by atoms with E-state index in [0.29, 0.717) is 18.3 Å². The first-order valence-electron chi connectivity index (χ1n) is 7.23. The van der Waals surface area contributed by atoms with Crippen LogP contribution in [-0.2, 0) is 11.2 Å². The van der Waals surface area contributed by atoms with Gasteiger partial charge >= 0.3 is 0 Å². The lowest BCUT2D eigenvalue weighted by atomic mass is 10.1. The van der Waals surface area contributed by atoms with Gasteiger partial charge in [-0.2, -0.15) is 0 Å². The van der Waals surface area contributed by atoms with Crippen LogP contribution in [0.2, 0.25) is 0 Å². The van der Waals surface area contributed by atoms with Gasteiger partial charge in [0, 0.05) is 24.0 Å². The van der Waals surface area contributed by atoms with E-state index in [0.717, 1.165) is 43.5 Å². The molecular formula is C16H22ClNO2. The summed E-state index contributed by atoms with van der Waals surface area (Å²) >= 11 is 5.76. The number of hydrogen-bond donors (Lipinski definition) is 0. The van der Waals surface area contributed by atoms with E-state index in [-0.39, 0.29) is 5.91 Å². The Balaban J connectivity index is 2.00. The Bertz CT molecular complexity index is 450. The van der Waals surface area contributed by atoms with E-state index >= 15 is 0 Å². The number of carbonyl (C=O) groups excluding carboxylic acids is 1. The molecule has 1 aromatic carbocycles. The van der Waals surface area contributed by atoms with Crippen LogP contribution in [0.5, 0.6) is 5.75 Å². The fourth-order valence-corrected chi connectivity index (χ4v) is 3.04. The van der Waals surface area contributed by atoms with Gasteiger partial charge in [0.2, 0.25) is 5.91 Å². The average molecular weight is 296 g/mol. The summed E-state index contributed by atoms with van der Waals surface area (Å²) in [4.78, 5) is 14.5. The molecule has 0 spiro atoms. The van der Waals surface area contributed by atoms with Crippen LogP contribution in [0, 0.1) is 0 Å². The van der Waals surface area contributed by atoms with Gasteiger partial charge in [-0.15, -0.1) is 11.6 Å². The summed E-state index contributed by atoms with van der Waals surface area (Å²) < 4.78 is 5.31. The molecule has 1 fully saturated rings. The van der Waals surface area contributed by atoms with Crippen LogP contribution in [0.15, 0.2) is 24.3 Å². The molecular weight excluding hydrogens is 274 g/mol. The third-order valence-corrected chi connectivity index (χ3v) is 4.17. The van der Waals surface area contributed by atoms with E-state index in [9.17, 15) is 4.79 Å². The zero-order chi connectivity index (χ0) is 14.4. The number of alkyl halides is 1. The molecule has 0 saturated carbocycles. The summed E-state index contributed by atoms with van der Waals surface area (Å²) in [7, 11) is 1.64. The van der Waals surface area contributed by atoms with Gasteiger partial charge in [0.05, 0.1) is 13.5 Å². The summed E-state index contributed by atoms with van der Waals surface area (Å²) in [5, 5.41) is 0. The van der Waals surface area contributed by atoms with Crippen LogP contribution in [0.3, 0.4) is 0 Å². The smallest absolute Gasteiger partial charge is 0.227 e. The lowest BCUT2D eigenvalue weighted by Crippen LogP contribution is -2.36. The topological polar surface area (TPSA) is 29.5 Å². The molecule has 1 aliphatic rings. The normalized spacial score (nSPS) is 18.3. The highest BCUT2D eigenvalue weighted by atomic mass is 35.5. The Hall–Kier alpha value is -1.22. The number of amides is 1. The maximum atomic E-state index is 12.5. The number of halogens is 1. The molecule has 1 atom stereocenters. The summed E-state index contributed by atoms with van der Waals surface area (Å²) in [6.45, 7) is 0.876. The molecule has 1 aromatic rings. The molecule has 3 nitrogen and oxygen atoms in total. The molecule has 20 heavy (non-hydrogen) atoms. The van der Waals surface area contributed by atoms with Gasteiger partial charge in [0.15, 0.2) is 0 Å². The van der Waals surface area contributed by atoms with Gasteiger partial charge in [-0.1, -0.05) is 18.2 Å². The minimum absolute atomic E-state index is 0.201. The van der Waals surface area contributed by atoms with E-state index in [2.05, 4.69) is 0 Å². The molecule has 0 aliphatic carbocycles. The summed E-state index contributed by atoms with van der Waals surface area (Å²) in [6, 6.07) is 8.10. The number of methoxy groups -OCH3 is 1. The summed E-state index contributed by atoms with van der Waals surface area (Å²) in [6.07, 6.45) is 4.62. The van der Waals surface area contributed by atoms with Gasteiger partial charge < -0.3 is 9.64 Å². The van der Waals surface area contributed by atoms with E-state index in [1.54, 1.807) is 7.11 Å². The van der Waals surface area contributed by atoms with Crippen molar-refractivity contribution in [2.45, 2.75) is 38.1 Å². The molecule has 0 radical (unpaired) electrons. The van der Waals surface area contributed by atoms with Crippen molar-refractivity contribution >= 4 is 17.5 Å². The Kier molecular flexibility index (Phi) is 5.72. The molecule has 0 bridgehead atoms. The van der Waals surface area contributed by atoms with Gasteiger partial charge in [-0.3, -0.25) is 4.79 Å². The van der Waals surface area contributed by atoms with E-state index in [1.165, 1.54) is 0 Å². The van der Waals surface area contributed by atoms with Crippen molar-refractivity contribution in [2.75, 3.05) is 19.5 Å². The first kappa shape index (κ1) is 15.2. The number of rotatable bonds is 6. The predicted octanol–water partition coefficient (Wildman–Crippen LogP) is 3.25. The van der Waals surface area contributed by atoms with Crippen molar-refractivity contribution in [3.8, 4) is 5.75 Å². The SMILES string of the molecule is COc1ccccc1CC(=O)N1CCCC1CCCCl. The molecule has 1 amide bonds. The largest absolute Gasteiger partial charge is 0.496 e. The van der Waals surface area contributed by atoms with Crippen LogP contribution in [-0.4, -0.2) is 36.4 Å². The van der Waals surface area contributed by atoms with E-state index < -0.39 is 0 Å². The second-order valence-corrected chi connectivity index (χ2v) is 5.58. The fourth-order valence-electron chi connectivity index (χ4n) is 2.89. The molecule has 1 saturated heterocycles. The van der Waals surface area contributed by atoms with Crippen molar-refractivity contribution in [3.63, 3.8) is 0 Å². The quantitative estimate of drug-likeness (QED) is 0.754. The Morgan fingerprint density at radius 1 is 1.45 bits per heavy atom. The Morgan fingerprint density at radius 2 is 2.25 bits per heavy atom. The molecule has 1 aliphatic heterocycles. The first-order chi connectivity index (χ1) is 9.76. The van der Waals surface area contributed by atoms with Crippen molar-refractivity contribution in [1.82, 2.24) is 4.90 Å². The van der Waals surface area contributed by atoms with Crippen LogP contribution in [0.1, 0.15) is 31.2 Å². The zero-order valence-corrected chi connectivity index (χ0v) is 12.7. The Labute approximate surface area is 125 Å². The highest BCUT2D eigenvalue weighted by Gasteiger charge is 2.28. The predicted molar refractivity (Wildman–Crippen MR) is 81.4 cm³/mol. The average Bonchev–Trinajstić information content (AvgIpc) is 2.94. The minimum Gasteiger partial charge on any atom is -0.496 e. The van der Waals surface area contributed by atoms with E-state index in [4.69, 9.17) is 16.3 Å². The van der Waals surface area contributed by atoms with Gasteiger partial charge in [-0.25, -0.2) is 0 Å². The molecule has 0 N–H and O–H groups in total. The van der Waals surface area contributed by atoms with Crippen LogP contribution in [0.4, 0.5) is 0 Å². The molecule has 1 heterocycles. The monoisotopic (exact) mass is 295 g/mol. The second-order valence-electron chi connectivity index (χ2n) is 5.20. The third-order valence-electron chi connectivity index (χ3n) is 3.90. The maximum absolute atomic E-state index is 12.5. The Morgan fingerprint density at radius 3 is 3.00 bits per heavy atom. The van der Waals surface area contributed by atoms with Gasteiger partial charge in [0.1, 0.15) is 5.75 Å². The number of likely N-dealkylation sites (tertiary alicyclic amines) is 1. The molecule has 2 rings (SSSR count). The number of hydrogen-bond acceptors (Lipinski definition) is 2. The minimum atomic E-state index is 0.201. The van der Waals surface area contributed by atoms with Gasteiger partial charge in [-0.05, 0) is 31.7 Å². The highest BCUT2D eigenvalue weighted by molar-refractivity contribution is 6.17. The van der Waals surface area contributed by atoms with E-state index in [1.807, 2.05) is 29.2 Å². The van der Waals surface area contributed by atoms with Gasteiger partial charge in [0.25, 0.3) is 0 Å². The van der Waals surface area contributed by atoms with Crippen molar-refractivity contribution in [3.05, 3.63) is 29.8 Å². The summed E-state index contributed by atoms with van der Waals surface area (Å²) in [5.74, 6) is 1.66. The van der Waals surface area contributed by atoms with Crippen LogP contribution >= 0.6 is 11.6 Å². The van der Waals surface area contributed by atoms with Crippen LogP contribution < -0.4 is 4.74 Å². The van der Waals surface area contributed by atoms with Crippen LogP contribution in [0.25, 0.3) is 0 Å². The number of para-hydroxylation sites is 1. The van der Waals surface area contributed by atoms with Crippen molar-refractivity contribution in [2.24, 2.45) is 0 Å². The molecule has 4 heteroatoms.